The Labute approximate surface area is 124 Å². The summed E-state index contributed by atoms with van der Waals surface area (Å²) in [5, 5.41) is 3.47. The van der Waals surface area contributed by atoms with Gasteiger partial charge in [-0.25, -0.2) is 0 Å². The largest absolute Gasteiger partial charge is 0.455 e. The summed E-state index contributed by atoms with van der Waals surface area (Å²) in [5.74, 6) is -1.15. The third-order valence-corrected chi connectivity index (χ3v) is 5.25. The van der Waals surface area contributed by atoms with Crippen LogP contribution in [0.1, 0.15) is 25.1 Å². The normalized spacial score (nSPS) is 28.4. The molecule has 0 aromatic carbocycles. The Hall–Kier alpha value is -0.800. The molecule has 0 aliphatic carbocycles. The molecule has 0 N–H and O–H groups in total. The highest BCUT2D eigenvalue weighted by Crippen LogP contribution is 2.35. The Kier molecular flexibility index (Phi) is 3.91. The fourth-order valence-corrected chi connectivity index (χ4v) is 3.48. The van der Waals surface area contributed by atoms with Crippen molar-refractivity contribution in [1.29, 1.82) is 0 Å². The van der Waals surface area contributed by atoms with Crippen molar-refractivity contribution < 1.29 is 17.7 Å². The maximum atomic E-state index is 12.4. The van der Waals surface area contributed by atoms with Crippen molar-refractivity contribution in [2.45, 2.75) is 43.5 Å². The van der Waals surface area contributed by atoms with Gasteiger partial charge in [0.2, 0.25) is 5.89 Å². The van der Waals surface area contributed by atoms with Crippen LogP contribution < -0.4 is 0 Å². The highest BCUT2D eigenvalue weighted by molar-refractivity contribution is 7.99. The molecular weight excluding hydrogens is 305 g/mol. The molecule has 9 heteroatoms. The maximum absolute atomic E-state index is 12.4. The average molecular weight is 322 g/mol. The number of fused-ring (bicyclic) bond motifs is 2. The molecule has 1 aromatic heterocycles. The van der Waals surface area contributed by atoms with Gasteiger partial charge >= 0.3 is 6.18 Å². The van der Waals surface area contributed by atoms with Gasteiger partial charge in [0.1, 0.15) is 0 Å². The zero-order valence-electron chi connectivity index (χ0n) is 11.8. The molecule has 4 heterocycles. The van der Waals surface area contributed by atoms with Gasteiger partial charge < -0.3 is 4.52 Å². The van der Waals surface area contributed by atoms with E-state index >= 15 is 0 Å². The first-order chi connectivity index (χ1) is 9.88. The third-order valence-electron chi connectivity index (χ3n) is 4.27. The number of halogens is 3. The second-order valence-corrected chi connectivity index (χ2v) is 6.67. The van der Waals surface area contributed by atoms with E-state index in [1.807, 2.05) is 0 Å². The number of piperidine rings is 1. The Morgan fingerprint density at radius 3 is 2.57 bits per heavy atom. The molecular formula is C12H17F3N4OS. The second kappa shape index (κ2) is 5.44. The lowest BCUT2D eigenvalue weighted by atomic mass is 9.87. The molecule has 3 saturated heterocycles. The lowest BCUT2D eigenvalue weighted by molar-refractivity contribution is -0.146. The van der Waals surface area contributed by atoms with Crippen LogP contribution in [0.4, 0.5) is 13.2 Å². The number of nitrogens with zero attached hydrogens (tertiary/aromatic N) is 4. The van der Waals surface area contributed by atoms with E-state index in [9.17, 15) is 13.2 Å². The first kappa shape index (κ1) is 15.1. The molecule has 4 rings (SSSR count). The Bertz CT molecular complexity index is 497. The SMILES string of the molecule is CSC(C)N1CC2CC(C1)N2Cc1nc(C(F)(F)F)no1. The van der Waals surface area contributed by atoms with Crippen molar-refractivity contribution in [2.75, 3.05) is 19.3 Å². The van der Waals surface area contributed by atoms with E-state index in [-0.39, 0.29) is 5.89 Å². The molecule has 118 valence electrons. The van der Waals surface area contributed by atoms with Crippen LogP contribution in [0.2, 0.25) is 0 Å². The van der Waals surface area contributed by atoms with Gasteiger partial charge in [0, 0.05) is 25.2 Å². The van der Waals surface area contributed by atoms with Crippen LogP contribution in [0.3, 0.4) is 0 Å². The van der Waals surface area contributed by atoms with E-state index in [1.54, 1.807) is 11.8 Å². The molecule has 3 atom stereocenters. The van der Waals surface area contributed by atoms with E-state index in [4.69, 9.17) is 4.52 Å². The summed E-state index contributed by atoms with van der Waals surface area (Å²) in [6.07, 6.45) is -1.37. The summed E-state index contributed by atoms with van der Waals surface area (Å²) in [6, 6.07) is 0.749. The monoisotopic (exact) mass is 322 g/mol. The van der Waals surface area contributed by atoms with Crippen molar-refractivity contribution in [1.82, 2.24) is 19.9 Å². The molecule has 0 radical (unpaired) electrons. The van der Waals surface area contributed by atoms with Crippen LogP contribution >= 0.6 is 11.8 Å². The maximum Gasteiger partial charge on any atom is 0.455 e. The van der Waals surface area contributed by atoms with Crippen LogP contribution in [0.15, 0.2) is 4.52 Å². The second-order valence-electron chi connectivity index (χ2n) is 5.51. The highest BCUT2D eigenvalue weighted by atomic mass is 32.2. The van der Waals surface area contributed by atoms with Crippen molar-refractivity contribution in [3.63, 3.8) is 0 Å². The average Bonchev–Trinajstić information content (AvgIpc) is 2.92. The molecule has 0 saturated carbocycles. The molecule has 1 aromatic rings. The molecule has 3 unspecified atom stereocenters. The standard InChI is InChI=1S/C12H17F3N4OS/c1-7(21-2)18-4-8-3-9(5-18)19(8)6-10-16-11(17-20-10)12(13,14)15/h7-9H,3-6H2,1-2H3. The molecule has 3 fully saturated rings. The zero-order chi connectivity index (χ0) is 15.2. The van der Waals surface area contributed by atoms with E-state index in [0.717, 1.165) is 19.5 Å². The minimum absolute atomic E-state index is 0.0448. The summed E-state index contributed by atoms with van der Waals surface area (Å²) in [5.41, 5.74) is 0. The number of hydrogen-bond acceptors (Lipinski definition) is 6. The highest BCUT2D eigenvalue weighted by Gasteiger charge is 2.46. The quantitative estimate of drug-likeness (QED) is 0.845. The van der Waals surface area contributed by atoms with Crippen molar-refractivity contribution in [2.24, 2.45) is 0 Å². The summed E-state index contributed by atoms with van der Waals surface area (Å²) in [4.78, 5) is 8.01. The lowest BCUT2D eigenvalue weighted by Crippen LogP contribution is -2.68. The van der Waals surface area contributed by atoms with Crippen molar-refractivity contribution in [3.05, 3.63) is 11.7 Å². The van der Waals surface area contributed by atoms with Gasteiger partial charge in [0.15, 0.2) is 0 Å². The van der Waals surface area contributed by atoms with Gasteiger partial charge in [-0.2, -0.15) is 18.2 Å². The van der Waals surface area contributed by atoms with Gasteiger partial charge in [-0.1, -0.05) is 5.16 Å². The summed E-state index contributed by atoms with van der Waals surface area (Å²) < 4.78 is 42.0. The first-order valence-electron chi connectivity index (χ1n) is 6.81. The Morgan fingerprint density at radius 1 is 1.38 bits per heavy atom. The molecule has 3 aliphatic rings. The smallest absolute Gasteiger partial charge is 0.338 e. The first-order valence-corrected chi connectivity index (χ1v) is 8.09. The van der Waals surface area contributed by atoms with Gasteiger partial charge in [-0.3, -0.25) is 9.80 Å². The number of hydrogen-bond donors (Lipinski definition) is 0. The molecule has 0 spiro atoms. The third kappa shape index (κ3) is 2.91. The fraction of sp³-hybridized carbons (Fsp3) is 0.833. The predicted molar refractivity (Wildman–Crippen MR) is 71.6 cm³/mol. The van der Waals surface area contributed by atoms with E-state index in [1.165, 1.54) is 0 Å². The van der Waals surface area contributed by atoms with Crippen LogP contribution in [0.5, 0.6) is 0 Å². The van der Waals surface area contributed by atoms with Crippen molar-refractivity contribution >= 4 is 11.8 Å². The Morgan fingerprint density at radius 2 is 2.05 bits per heavy atom. The van der Waals surface area contributed by atoms with Gasteiger partial charge in [-0.05, 0) is 19.6 Å². The van der Waals surface area contributed by atoms with E-state index in [0.29, 0.717) is 24.0 Å². The number of alkyl halides is 3. The predicted octanol–water partition coefficient (Wildman–Crippen LogP) is 2.06. The molecule has 3 aliphatic heterocycles. The van der Waals surface area contributed by atoms with Gasteiger partial charge in [-0.15, -0.1) is 11.8 Å². The van der Waals surface area contributed by atoms with E-state index < -0.39 is 12.0 Å². The van der Waals surface area contributed by atoms with Crippen LogP contribution in [0, 0.1) is 0 Å². The summed E-state index contributed by atoms with van der Waals surface area (Å²) >= 11 is 1.81. The van der Waals surface area contributed by atoms with Crippen LogP contribution in [0.25, 0.3) is 0 Å². The van der Waals surface area contributed by atoms with Gasteiger partial charge in [0.25, 0.3) is 5.82 Å². The molecule has 2 bridgehead atoms. The summed E-state index contributed by atoms with van der Waals surface area (Å²) in [6.45, 7) is 4.37. The van der Waals surface area contributed by atoms with Crippen LogP contribution in [-0.2, 0) is 12.7 Å². The number of aromatic nitrogens is 2. The Balaban J connectivity index is 1.60. The molecule has 0 amide bonds. The van der Waals surface area contributed by atoms with Crippen LogP contribution in [-0.4, -0.2) is 56.7 Å². The van der Waals surface area contributed by atoms with E-state index in [2.05, 4.69) is 33.1 Å². The zero-order valence-corrected chi connectivity index (χ0v) is 12.6. The fourth-order valence-electron chi connectivity index (χ4n) is 3.01. The number of piperazine rings is 1. The topological polar surface area (TPSA) is 45.4 Å². The van der Waals surface area contributed by atoms with Crippen molar-refractivity contribution in [3.8, 4) is 0 Å². The lowest BCUT2D eigenvalue weighted by Gasteiger charge is -2.57. The summed E-state index contributed by atoms with van der Waals surface area (Å²) in [7, 11) is 0. The number of thioether (sulfide) groups is 1. The molecule has 5 nitrogen and oxygen atoms in total. The minimum Gasteiger partial charge on any atom is -0.338 e. The minimum atomic E-state index is -4.54. The number of rotatable bonds is 4. The molecule has 21 heavy (non-hydrogen) atoms. The van der Waals surface area contributed by atoms with Gasteiger partial charge in [0.05, 0.1) is 11.9 Å².